The van der Waals surface area contributed by atoms with E-state index in [0.717, 1.165) is 12.8 Å². The van der Waals surface area contributed by atoms with Gasteiger partial charge < -0.3 is 5.11 Å². The normalized spacial score (nSPS) is 19.5. The van der Waals surface area contributed by atoms with Gasteiger partial charge in [0, 0.05) is 13.1 Å². The maximum absolute atomic E-state index is 12.0. The molecule has 6 nitrogen and oxygen atoms in total. The van der Waals surface area contributed by atoms with Crippen molar-refractivity contribution in [2.24, 2.45) is 0 Å². The lowest BCUT2D eigenvalue weighted by atomic mass is 10.1. The molecule has 1 aromatic rings. The van der Waals surface area contributed by atoms with Gasteiger partial charge in [-0.3, -0.25) is 4.68 Å². The van der Waals surface area contributed by atoms with Crippen LogP contribution in [0.5, 0.6) is 5.75 Å². The van der Waals surface area contributed by atoms with Crippen LogP contribution >= 0.6 is 0 Å². The number of hydrogen-bond acceptors (Lipinski definition) is 4. The molecular formula is C11H19N3O3S. The highest BCUT2D eigenvalue weighted by Crippen LogP contribution is 2.25. The van der Waals surface area contributed by atoms with Crippen molar-refractivity contribution in [3.63, 3.8) is 0 Å². The van der Waals surface area contributed by atoms with Crippen molar-refractivity contribution in [2.45, 2.75) is 38.0 Å². The Bertz CT molecular complexity index is 501. The van der Waals surface area contributed by atoms with Gasteiger partial charge >= 0.3 is 0 Å². The lowest BCUT2D eigenvalue weighted by molar-refractivity contribution is 0.259. The molecule has 0 unspecified atom stereocenters. The summed E-state index contributed by atoms with van der Waals surface area (Å²) >= 11 is 0. The van der Waals surface area contributed by atoms with Gasteiger partial charge in [-0.15, -0.1) is 0 Å². The lowest BCUT2D eigenvalue weighted by Gasteiger charge is -2.32. The van der Waals surface area contributed by atoms with E-state index < -0.39 is 10.0 Å². The van der Waals surface area contributed by atoms with Crippen LogP contribution in [-0.2, 0) is 10.0 Å². The zero-order valence-corrected chi connectivity index (χ0v) is 11.5. The minimum absolute atomic E-state index is 0.146. The van der Waals surface area contributed by atoms with Crippen LogP contribution in [0, 0.1) is 0 Å². The Morgan fingerprint density at radius 2 is 2.00 bits per heavy atom. The summed E-state index contributed by atoms with van der Waals surface area (Å²) in [6.07, 6.45) is 4.44. The van der Waals surface area contributed by atoms with Crippen LogP contribution in [0.15, 0.2) is 12.4 Å². The smallest absolute Gasteiger partial charge is 0.216 e. The first-order valence-electron chi connectivity index (χ1n) is 6.13. The predicted octanol–water partition coefficient (Wildman–Crippen LogP) is 0.964. The molecule has 1 aromatic heterocycles. The first-order chi connectivity index (χ1) is 8.41. The summed E-state index contributed by atoms with van der Waals surface area (Å²) in [5.41, 5.74) is 0. The van der Waals surface area contributed by atoms with E-state index in [1.807, 2.05) is 0 Å². The highest BCUT2D eigenvalue weighted by Gasteiger charge is 2.30. The minimum atomic E-state index is -3.15. The number of hydrogen-bond donors (Lipinski definition) is 1. The summed E-state index contributed by atoms with van der Waals surface area (Å²) < 4.78 is 27.3. The third-order valence-electron chi connectivity index (χ3n) is 3.34. The van der Waals surface area contributed by atoms with Crippen molar-refractivity contribution >= 4 is 10.0 Å². The molecule has 1 aliphatic heterocycles. The van der Waals surface area contributed by atoms with Gasteiger partial charge in [-0.25, -0.2) is 12.7 Å². The average molecular weight is 273 g/mol. The molecule has 0 bridgehead atoms. The standard InChI is InChI=1S/C11H19N3O3S/c1-9(2)18(16,17)13-5-3-10(4-6-13)14-8-11(15)7-12-14/h7-10,15H,3-6H2,1-2H3. The van der Waals surface area contributed by atoms with Crippen LogP contribution in [-0.4, -0.2) is 45.9 Å². The topological polar surface area (TPSA) is 75.4 Å². The molecular weight excluding hydrogens is 254 g/mol. The van der Waals surface area contributed by atoms with E-state index in [1.165, 1.54) is 6.20 Å². The number of rotatable bonds is 3. The number of aromatic nitrogens is 2. The molecule has 0 aromatic carbocycles. The van der Waals surface area contributed by atoms with Crippen LogP contribution in [0.25, 0.3) is 0 Å². The number of piperidine rings is 1. The highest BCUT2D eigenvalue weighted by molar-refractivity contribution is 7.89. The van der Waals surface area contributed by atoms with Gasteiger partial charge in [0.15, 0.2) is 5.75 Å². The van der Waals surface area contributed by atoms with Crippen molar-refractivity contribution in [1.82, 2.24) is 14.1 Å². The molecule has 7 heteroatoms. The molecule has 1 fully saturated rings. The summed E-state index contributed by atoms with van der Waals surface area (Å²) in [7, 11) is -3.15. The third-order valence-corrected chi connectivity index (χ3v) is 5.62. The lowest BCUT2D eigenvalue weighted by Crippen LogP contribution is -2.42. The van der Waals surface area contributed by atoms with Crippen LogP contribution in [0.4, 0.5) is 0 Å². The van der Waals surface area contributed by atoms with Crippen LogP contribution in [0.3, 0.4) is 0 Å². The van der Waals surface area contributed by atoms with Crippen LogP contribution in [0.2, 0.25) is 0 Å². The molecule has 0 aliphatic carbocycles. The van der Waals surface area contributed by atoms with E-state index in [4.69, 9.17) is 0 Å². The summed E-state index contributed by atoms with van der Waals surface area (Å²) in [5.74, 6) is 0.146. The molecule has 0 saturated carbocycles. The van der Waals surface area contributed by atoms with Crippen molar-refractivity contribution in [3.8, 4) is 5.75 Å². The Balaban J connectivity index is 2.01. The summed E-state index contributed by atoms with van der Waals surface area (Å²) in [6, 6.07) is 0.171. The van der Waals surface area contributed by atoms with Gasteiger partial charge in [0.05, 0.1) is 23.7 Å². The van der Waals surface area contributed by atoms with E-state index in [2.05, 4.69) is 5.10 Å². The zero-order valence-electron chi connectivity index (χ0n) is 10.7. The average Bonchev–Trinajstić information content (AvgIpc) is 2.76. The van der Waals surface area contributed by atoms with Crippen LogP contribution < -0.4 is 0 Å². The van der Waals surface area contributed by atoms with Gasteiger partial charge in [-0.1, -0.05) is 0 Å². The van der Waals surface area contributed by atoms with Gasteiger partial charge in [0.1, 0.15) is 0 Å². The predicted molar refractivity (Wildman–Crippen MR) is 67.8 cm³/mol. The first-order valence-corrected chi connectivity index (χ1v) is 7.63. The van der Waals surface area contributed by atoms with Crippen molar-refractivity contribution in [2.75, 3.05) is 13.1 Å². The molecule has 1 aliphatic rings. The second-order valence-electron chi connectivity index (χ2n) is 4.90. The van der Waals surface area contributed by atoms with E-state index in [9.17, 15) is 13.5 Å². The monoisotopic (exact) mass is 273 g/mol. The van der Waals surface area contributed by atoms with Crippen molar-refractivity contribution in [3.05, 3.63) is 12.4 Å². The largest absolute Gasteiger partial charge is 0.505 e. The Kier molecular flexibility index (Phi) is 3.63. The zero-order chi connectivity index (χ0) is 13.3. The van der Waals surface area contributed by atoms with Gasteiger partial charge in [0.2, 0.25) is 10.0 Å². The van der Waals surface area contributed by atoms with Gasteiger partial charge in [0.25, 0.3) is 0 Å². The number of aromatic hydroxyl groups is 1. The molecule has 0 radical (unpaired) electrons. The maximum atomic E-state index is 12.0. The molecule has 1 saturated heterocycles. The maximum Gasteiger partial charge on any atom is 0.216 e. The summed E-state index contributed by atoms with van der Waals surface area (Å²) in [6.45, 7) is 4.44. The molecule has 102 valence electrons. The van der Waals surface area contributed by atoms with E-state index in [1.54, 1.807) is 29.0 Å². The Morgan fingerprint density at radius 1 is 1.39 bits per heavy atom. The fourth-order valence-corrected chi connectivity index (χ4v) is 3.50. The molecule has 0 spiro atoms. The fourth-order valence-electron chi connectivity index (χ4n) is 2.19. The van der Waals surface area contributed by atoms with Gasteiger partial charge in [-0.05, 0) is 26.7 Å². The Hall–Kier alpha value is -1.08. The van der Waals surface area contributed by atoms with Crippen molar-refractivity contribution in [1.29, 1.82) is 0 Å². The summed E-state index contributed by atoms with van der Waals surface area (Å²) in [5, 5.41) is 12.9. The van der Waals surface area contributed by atoms with E-state index >= 15 is 0 Å². The second-order valence-corrected chi connectivity index (χ2v) is 7.39. The molecule has 0 atom stereocenters. The molecule has 18 heavy (non-hydrogen) atoms. The number of sulfonamides is 1. The SMILES string of the molecule is CC(C)S(=O)(=O)N1CCC(n2cc(O)cn2)CC1. The fraction of sp³-hybridized carbons (Fsp3) is 0.727. The Labute approximate surface area is 107 Å². The van der Waals surface area contributed by atoms with E-state index in [-0.39, 0.29) is 17.0 Å². The quantitative estimate of drug-likeness (QED) is 0.890. The highest BCUT2D eigenvalue weighted by atomic mass is 32.2. The molecule has 2 rings (SSSR count). The van der Waals surface area contributed by atoms with Crippen LogP contribution in [0.1, 0.15) is 32.7 Å². The summed E-state index contributed by atoms with van der Waals surface area (Å²) in [4.78, 5) is 0. The third kappa shape index (κ3) is 2.51. The first kappa shape index (κ1) is 13.4. The molecule has 0 amide bonds. The number of nitrogens with zero attached hydrogens (tertiary/aromatic N) is 3. The second kappa shape index (κ2) is 4.89. The van der Waals surface area contributed by atoms with Crippen molar-refractivity contribution < 1.29 is 13.5 Å². The Morgan fingerprint density at radius 3 is 2.44 bits per heavy atom. The minimum Gasteiger partial charge on any atom is -0.505 e. The molecule has 1 N–H and O–H groups in total. The van der Waals surface area contributed by atoms with E-state index in [0.29, 0.717) is 13.1 Å². The molecule has 2 heterocycles. The van der Waals surface area contributed by atoms with Gasteiger partial charge in [-0.2, -0.15) is 5.10 Å².